The van der Waals surface area contributed by atoms with Gasteiger partial charge < -0.3 is 14.2 Å². The summed E-state index contributed by atoms with van der Waals surface area (Å²) in [7, 11) is 1.67. The molecular formula is C13H17BrO3. The number of rotatable bonds is 6. The van der Waals surface area contributed by atoms with E-state index in [1.54, 1.807) is 7.11 Å². The summed E-state index contributed by atoms with van der Waals surface area (Å²) in [6, 6.07) is 9.86. The van der Waals surface area contributed by atoms with Gasteiger partial charge >= 0.3 is 0 Å². The first kappa shape index (κ1) is 12.9. The third-order valence-electron chi connectivity index (χ3n) is 2.81. The first-order valence-electron chi connectivity index (χ1n) is 5.77. The number of methoxy groups -OCH3 is 1. The number of halogens is 1. The molecule has 0 N–H and O–H groups in total. The molecule has 94 valence electrons. The summed E-state index contributed by atoms with van der Waals surface area (Å²) in [5, 5.41) is 0. The van der Waals surface area contributed by atoms with E-state index in [0.717, 1.165) is 12.2 Å². The molecule has 0 aromatic heterocycles. The quantitative estimate of drug-likeness (QED) is 0.597. The average molecular weight is 301 g/mol. The highest BCUT2D eigenvalue weighted by Gasteiger charge is 2.42. The minimum absolute atomic E-state index is 0.116. The van der Waals surface area contributed by atoms with Crippen molar-refractivity contribution in [3.05, 3.63) is 30.3 Å². The molecule has 3 unspecified atom stereocenters. The van der Waals surface area contributed by atoms with Gasteiger partial charge in [0.2, 0.25) is 0 Å². The second kappa shape index (κ2) is 6.38. The number of hydrogen-bond donors (Lipinski definition) is 0. The van der Waals surface area contributed by atoms with Crippen LogP contribution in [0.5, 0.6) is 5.75 Å². The van der Waals surface area contributed by atoms with Crippen LogP contribution in [0.3, 0.4) is 0 Å². The van der Waals surface area contributed by atoms with E-state index < -0.39 is 0 Å². The number of hydrogen-bond acceptors (Lipinski definition) is 3. The van der Waals surface area contributed by atoms with Gasteiger partial charge in [-0.15, -0.1) is 0 Å². The van der Waals surface area contributed by atoms with Crippen LogP contribution in [0, 0.1) is 0 Å². The van der Waals surface area contributed by atoms with E-state index in [-0.39, 0.29) is 12.2 Å². The molecule has 3 atom stereocenters. The van der Waals surface area contributed by atoms with Crippen molar-refractivity contribution < 1.29 is 14.2 Å². The summed E-state index contributed by atoms with van der Waals surface area (Å²) in [6.07, 6.45) is 1.23. The van der Waals surface area contributed by atoms with E-state index in [1.165, 1.54) is 0 Å². The van der Waals surface area contributed by atoms with Gasteiger partial charge in [0.05, 0.1) is 13.2 Å². The summed E-state index contributed by atoms with van der Waals surface area (Å²) >= 11 is 3.59. The van der Waals surface area contributed by atoms with E-state index in [9.17, 15) is 0 Å². The van der Waals surface area contributed by atoms with Crippen molar-refractivity contribution in [1.29, 1.82) is 0 Å². The zero-order chi connectivity index (χ0) is 12.1. The molecule has 1 aliphatic rings. The summed E-state index contributed by atoms with van der Waals surface area (Å²) in [6.45, 7) is 1.23. The second-order valence-electron chi connectivity index (χ2n) is 4.05. The Bertz CT molecular complexity index is 331. The lowest BCUT2D eigenvalue weighted by atomic mass is 9.91. The molecule has 4 heteroatoms. The maximum atomic E-state index is 5.87. The van der Waals surface area contributed by atoms with Gasteiger partial charge in [0.25, 0.3) is 0 Å². The van der Waals surface area contributed by atoms with Gasteiger partial charge in [-0.05, 0) is 12.1 Å². The van der Waals surface area contributed by atoms with Gasteiger partial charge in [0.15, 0.2) is 0 Å². The Balaban J connectivity index is 1.81. The maximum Gasteiger partial charge on any atom is 0.127 e. The molecule has 2 rings (SSSR count). The SMILES string of the molecule is COCCOC1C(Br)CC1Oc1ccccc1. The van der Waals surface area contributed by atoms with E-state index in [2.05, 4.69) is 15.9 Å². The van der Waals surface area contributed by atoms with Gasteiger partial charge in [-0.1, -0.05) is 34.1 Å². The Morgan fingerprint density at radius 3 is 2.65 bits per heavy atom. The van der Waals surface area contributed by atoms with Crippen molar-refractivity contribution in [1.82, 2.24) is 0 Å². The van der Waals surface area contributed by atoms with Crippen LogP contribution < -0.4 is 4.74 Å². The van der Waals surface area contributed by atoms with Gasteiger partial charge in [0.1, 0.15) is 18.0 Å². The molecule has 0 amide bonds. The Hall–Kier alpha value is -0.580. The molecule has 0 aliphatic heterocycles. The normalized spacial score (nSPS) is 27.5. The van der Waals surface area contributed by atoms with Crippen LogP contribution in [0.15, 0.2) is 30.3 Å². The lowest BCUT2D eigenvalue weighted by Crippen LogP contribution is -2.52. The largest absolute Gasteiger partial charge is 0.488 e. The fraction of sp³-hybridized carbons (Fsp3) is 0.538. The number of benzene rings is 1. The van der Waals surface area contributed by atoms with Crippen LogP contribution in [0.1, 0.15) is 6.42 Å². The topological polar surface area (TPSA) is 27.7 Å². The number of alkyl halides is 1. The highest BCUT2D eigenvalue weighted by Crippen LogP contribution is 2.34. The lowest BCUT2D eigenvalue weighted by molar-refractivity contribution is -0.0865. The highest BCUT2D eigenvalue weighted by molar-refractivity contribution is 9.09. The summed E-state index contributed by atoms with van der Waals surface area (Å²) in [4.78, 5) is 0.382. The number of para-hydroxylation sites is 1. The van der Waals surface area contributed by atoms with Crippen molar-refractivity contribution in [3.63, 3.8) is 0 Å². The fourth-order valence-electron chi connectivity index (χ4n) is 1.80. The minimum Gasteiger partial charge on any atom is -0.488 e. The molecule has 0 spiro atoms. The van der Waals surface area contributed by atoms with Gasteiger partial charge in [0, 0.05) is 18.4 Å². The van der Waals surface area contributed by atoms with Crippen molar-refractivity contribution in [2.45, 2.75) is 23.5 Å². The predicted molar refractivity (Wildman–Crippen MR) is 69.8 cm³/mol. The fourth-order valence-corrected chi connectivity index (χ4v) is 2.66. The van der Waals surface area contributed by atoms with Crippen LogP contribution in [0.4, 0.5) is 0 Å². The summed E-state index contributed by atoms with van der Waals surface area (Å²) in [5.74, 6) is 0.900. The molecule has 17 heavy (non-hydrogen) atoms. The van der Waals surface area contributed by atoms with Gasteiger partial charge in [-0.25, -0.2) is 0 Å². The Morgan fingerprint density at radius 2 is 2.00 bits per heavy atom. The van der Waals surface area contributed by atoms with E-state index in [4.69, 9.17) is 14.2 Å². The van der Waals surface area contributed by atoms with Crippen LogP contribution in [-0.4, -0.2) is 37.4 Å². The molecular weight excluding hydrogens is 284 g/mol. The molecule has 1 aromatic rings. The first-order chi connectivity index (χ1) is 8.31. The van der Waals surface area contributed by atoms with E-state index in [1.807, 2.05) is 30.3 Å². The third kappa shape index (κ3) is 3.44. The van der Waals surface area contributed by atoms with Crippen LogP contribution >= 0.6 is 15.9 Å². The Morgan fingerprint density at radius 1 is 1.24 bits per heavy atom. The smallest absolute Gasteiger partial charge is 0.127 e. The standard InChI is InChI=1S/C13H17BrO3/c1-15-7-8-16-13-11(14)9-12(13)17-10-5-3-2-4-6-10/h2-6,11-13H,7-9H2,1H3. The lowest BCUT2D eigenvalue weighted by Gasteiger charge is -2.40. The first-order valence-corrected chi connectivity index (χ1v) is 6.69. The third-order valence-corrected chi connectivity index (χ3v) is 3.70. The van der Waals surface area contributed by atoms with Crippen molar-refractivity contribution in [2.75, 3.05) is 20.3 Å². The molecule has 1 fully saturated rings. The zero-order valence-corrected chi connectivity index (χ0v) is 11.4. The predicted octanol–water partition coefficient (Wildman–Crippen LogP) is 2.63. The monoisotopic (exact) mass is 300 g/mol. The van der Waals surface area contributed by atoms with Gasteiger partial charge in [-0.2, -0.15) is 0 Å². The second-order valence-corrected chi connectivity index (χ2v) is 5.23. The van der Waals surface area contributed by atoms with Crippen LogP contribution in [0.25, 0.3) is 0 Å². The average Bonchev–Trinajstić information content (AvgIpc) is 2.35. The maximum absolute atomic E-state index is 5.87. The zero-order valence-electron chi connectivity index (χ0n) is 9.84. The summed E-state index contributed by atoms with van der Waals surface area (Å²) < 4.78 is 16.6. The molecule has 0 saturated heterocycles. The molecule has 3 nitrogen and oxygen atoms in total. The molecule has 1 aromatic carbocycles. The minimum atomic E-state index is 0.116. The highest BCUT2D eigenvalue weighted by atomic mass is 79.9. The van der Waals surface area contributed by atoms with Gasteiger partial charge in [-0.3, -0.25) is 0 Å². The number of ether oxygens (including phenoxy) is 3. The van der Waals surface area contributed by atoms with E-state index in [0.29, 0.717) is 18.0 Å². The molecule has 0 heterocycles. The summed E-state index contributed by atoms with van der Waals surface area (Å²) in [5.41, 5.74) is 0. The van der Waals surface area contributed by atoms with Crippen molar-refractivity contribution in [3.8, 4) is 5.75 Å². The molecule has 0 radical (unpaired) electrons. The molecule has 1 aliphatic carbocycles. The van der Waals surface area contributed by atoms with Crippen LogP contribution in [-0.2, 0) is 9.47 Å². The molecule has 1 saturated carbocycles. The van der Waals surface area contributed by atoms with Crippen molar-refractivity contribution >= 4 is 15.9 Å². The Labute approximate surface area is 110 Å². The van der Waals surface area contributed by atoms with Crippen LogP contribution in [0.2, 0.25) is 0 Å². The van der Waals surface area contributed by atoms with E-state index >= 15 is 0 Å². The molecule has 0 bridgehead atoms. The van der Waals surface area contributed by atoms with Crippen molar-refractivity contribution in [2.24, 2.45) is 0 Å². The Kier molecular flexibility index (Phi) is 4.83.